The zero-order valence-electron chi connectivity index (χ0n) is 10.4. The first kappa shape index (κ1) is 14.6. The Hall–Kier alpha value is -1.79. The van der Waals surface area contributed by atoms with Crippen molar-refractivity contribution in [2.45, 2.75) is 0 Å². The van der Waals surface area contributed by atoms with Crippen molar-refractivity contribution >= 4 is 44.6 Å². The van der Waals surface area contributed by atoms with E-state index in [1.165, 1.54) is 6.07 Å². The van der Waals surface area contributed by atoms with Gasteiger partial charge in [-0.1, -0.05) is 17.7 Å². The first-order chi connectivity index (χ1) is 9.52. The molecule has 104 valence electrons. The molecule has 0 aliphatic carbocycles. The summed E-state index contributed by atoms with van der Waals surface area (Å²) >= 11 is 9.20. The summed E-state index contributed by atoms with van der Waals surface area (Å²) in [6.07, 6.45) is 0. The SMILES string of the molecule is COc1cc(Nc2cccc(Cl)c2[N+](=O)[O-])ccc1Br. The molecule has 0 aromatic heterocycles. The fourth-order valence-electron chi connectivity index (χ4n) is 1.69. The first-order valence-electron chi connectivity index (χ1n) is 5.56. The van der Waals surface area contributed by atoms with Gasteiger partial charge in [0.15, 0.2) is 0 Å². The second kappa shape index (κ2) is 6.11. The van der Waals surface area contributed by atoms with Crippen molar-refractivity contribution in [1.29, 1.82) is 0 Å². The predicted octanol–water partition coefficient (Wildman–Crippen LogP) is 4.76. The molecule has 0 fully saturated rings. The Kier molecular flexibility index (Phi) is 4.46. The third-order valence-corrected chi connectivity index (χ3v) is 3.56. The van der Waals surface area contributed by atoms with Gasteiger partial charge in [-0.3, -0.25) is 10.1 Å². The maximum Gasteiger partial charge on any atom is 0.311 e. The Morgan fingerprint density at radius 3 is 2.75 bits per heavy atom. The van der Waals surface area contributed by atoms with Crippen LogP contribution in [0, 0.1) is 10.1 Å². The summed E-state index contributed by atoms with van der Waals surface area (Å²) in [6.45, 7) is 0. The fourth-order valence-corrected chi connectivity index (χ4v) is 2.35. The van der Waals surface area contributed by atoms with Crippen LogP contribution in [0.3, 0.4) is 0 Å². The van der Waals surface area contributed by atoms with Crippen molar-refractivity contribution in [3.05, 3.63) is 56.0 Å². The normalized spacial score (nSPS) is 10.2. The van der Waals surface area contributed by atoms with Crippen LogP contribution in [-0.4, -0.2) is 12.0 Å². The number of nitro benzene ring substituents is 1. The van der Waals surface area contributed by atoms with Gasteiger partial charge in [-0.25, -0.2) is 0 Å². The second-order valence-electron chi connectivity index (χ2n) is 3.87. The van der Waals surface area contributed by atoms with Crippen LogP contribution < -0.4 is 10.1 Å². The number of para-hydroxylation sites is 1. The quantitative estimate of drug-likeness (QED) is 0.633. The number of halogens is 2. The summed E-state index contributed by atoms with van der Waals surface area (Å²) in [7, 11) is 1.55. The summed E-state index contributed by atoms with van der Waals surface area (Å²) in [4.78, 5) is 10.5. The molecule has 0 saturated carbocycles. The third kappa shape index (κ3) is 3.02. The highest BCUT2D eigenvalue weighted by Crippen LogP contribution is 2.35. The first-order valence-corrected chi connectivity index (χ1v) is 6.73. The number of anilines is 2. The molecule has 5 nitrogen and oxygen atoms in total. The molecule has 0 spiro atoms. The van der Waals surface area contributed by atoms with Gasteiger partial charge >= 0.3 is 5.69 Å². The lowest BCUT2D eigenvalue weighted by Crippen LogP contribution is -1.98. The van der Waals surface area contributed by atoms with Crippen molar-refractivity contribution in [3.8, 4) is 5.75 Å². The molecule has 2 aromatic rings. The van der Waals surface area contributed by atoms with Gasteiger partial charge in [0, 0.05) is 11.8 Å². The van der Waals surface area contributed by atoms with E-state index in [1.54, 1.807) is 37.4 Å². The van der Waals surface area contributed by atoms with Crippen LogP contribution >= 0.6 is 27.5 Å². The minimum Gasteiger partial charge on any atom is -0.495 e. The lowest BCUT2D eigenvalue weighted by atomic mass is 10.2. The molecular weight excluding hydrogens is 348 g/mol. The van der Waals surface area contributed by atoms with Gasteiger partial charge in [-0.15, -0.1) is 0 Å². The van der Waals surface area contributed by atoms with Gasteiger partial charge in [-0.2, -0.15) is 0 Å². The van der Waals surface area contributed by atoms with Crippen molar-refractivity contribution in [1.82, 2.24) is 0 Å². The van der Waals surface area contributed by atoms with Crippen molar-refractivity contribution in [3.63, 3.8) is 0 Å². The van der Waals surface area contributed by atoms with Gasteiger partial charge in [-0.05, 0) is 40.2 Å². The number of nitrogens with zero attached hydrogens (tertiary/aromatic N) is 1. The van der Waals surface area contributed by atoms with Crippen molar-refractivity contribution < 1.29 is 9.66 Å². The molecular formula is C13H10BrClN2O3. The van der Waals surface area contributed by atoms with Crippen molar-refractivity contribution in [2.75, 3.05) is 12.4 Å². The van der Waals surface area contributed by atoms with Gasteiger partial charge in [0.1, 0.15) is 16.5 Å². The molecule has 2 aromatic carbocycles. The Morgan fingerprint density at radius 2 is 2.10 bits per heavy atom. The summed E-state index contributed by atoms with van der Waals surface area (Å²) < 4.78 is 5.98. The smallest absolute Gasteiger partial charge is 0.311 e. The molecule has 2 rings (SSSR count). The topological polar surface area (TPSA) is 64.4 Å². The molecule has 0 radical (unpaired) electrons. The van der Waals surface area contributed by atoms with Crippen LogP contribution in [-0.2, 0) is 0 Å². The lowest BCUT2D eigenvalue weighted by molar-refractivity contribution is -0.383. The Labute approximate surface area is 128 Å². The van der Waals surface area contributed by atoms with Gasteiger partial charge in [0.05, 0.1) is 16.5 Å². The maximum absolute atomic E-state index is 11.1. The summed E-state index contributed by atoms with van der Waals surface area (Å²) in [5.74, 6) is 0.625. The number of nitrogens with one attached hydrogen (secondary N) is 1. The van der Waals surface area contributed by atoms with Crippen molar-refractivity contribution in [2.24, 2.45) is 0 Å². The zero-order chi connectivity index (χ0) is 14.7. The van der Waals surface area contributed by atoms with E-state index in [-0.39, 0.29) is 10.7 Å². The van der Waals surface area contributed by atoms with E-state index in [2.05, 4.69) is 21.2 Å². The molecule has 0 aliphatic rings. The number of nitro groups is 1. The third-order valence-electron chi connectivity index (χ3n) is 2.60. The van der Waals surface area contributed by atoms with E-state index in [0.717, 1.165) is 4.47 Å². The lowest BCUT2D eigenvalue weighted by Gasteiger charge is -2.10. The minimum absolute atomic E-state index is 0.0871. The number of methoxy groups -OCH3 is 1. The maximum atomic E-state index is 11.1. The molecule has 0 bridgehead atoms. The Bertz CT molecular complexity index is 664. The van der Waals surface area contributed by atoms with Crippen LogP contribution in [0.25, 0.3) is 0 Å². The standard InChI is InChI=1S/C13H10BrClN2O3/c1-20-12-7-8(5-6-9(12)14)16-11-4-2-3-10(15)13(11)17(18)19/h2-7,16H,1H3. The molecule has 0 saturated heterocycles. The van der Waals surface area contributed by atoms with E-state index in [4.69, 9.17) is 16.3 Å². The van der Waals surface area contributed by atoms with E-state index >= 15 is 0 Å². The van der Waals surface area contributed by atoms with Crippen LogP contribution in [0.1, 0.15) is 0 Å². The Balaban J connectivity index is 2.40. The highest BCUT2D eigenvalue weighted by atomic mass is 79.9. The van der Waals surface area contributed by atoms with E-state index in [1.807, 2.05) is 0 Å². The van der Waals surface area contributed by atoms with Crippen LogP contribution in [0.4, 0.5) is 17.1 Å². The van der Waals surface area contributed by atoms with E-state index in [0.29, 0.717) is 17.1 Å². The molecule has 0 amide bonds. The van der Waals surface area contributed by atoms with Gasteiger partial charge < -0.3 is 10.1 Å². The predicted molar refractivity (Wildman–Crippen MR) is 82.1 cm³/mol. The van der Waals surface area contributed by atoms with Crippen LogP contribution in [0.5, 0.6) is 5.75 Å². The monoisotopic (exact) mass is 356 g/mol. The van der Waals surface area contributed by atoms with Gasteiger partial charge in [0.2, 0.25) is 0 Å². The molecule has 0 aliphatic heterocycles. The van der Waals surface area contributed by atoms with Crippen LogP contribution in [0.2, 0.25) is 5.02 Å². The molecule has 0 heterocycles. The number of ether oxygens (including phenoxy) is 1. The number of hydrogen-bond donors (Lipinski definition) is 1. The number of benzene rings is 2. The average molecular weight is 358 g/mol. The highest BCUT2D eigenvalue weighted by Gasteiger charge is 2.18. The molecule has 7 heteroatoms. The van der Waals surface area contributed by atoms with E-state index in [9.17, 15) is 10.1 Å². The average Bonchev–Trinajstić information content (AvgIpc) is 2.40. The second-order valence-corrected chi connectivity index (χ2v) is 5.13. The zero-order valence-corrected chi connectivity index (χ0v) is 12.7. The summed E-state index contributed by atoms with van der Waals surface area (Å²) in [5, 5.41) is 14.1. The number of hydrogen-bond acceptors (Lipinski definition) is 4. The number of rotatable bonds is 4. The van der Waals surface area contributed by atoms with Crippen LogP contribution in [0.15, 0.2) is 40.9 Å². The highest BCUT2D eigenvalue weighted by molar-refractivity contribution is 9.10. The van der Waals surface area contributed by atoms with Gasteiger partial charge in [0.25, 0.3) is 0 Å². The molecule has 0 atom stereocenters. The van der Waals surface area contributed by atoms with E-state index < -0.39 is 4.92 Å². The summed E-state index contributed by atoms with van der Waals surface area (Å²) in [5.41, 5.74) is 0.832. The molecule has 1 N–H and O–H groups in total. The minimum atomic E-state index is -0.513. The largest absolute Gasteiger partial charge is 0.495 e. The summed E-state index contributed by atoms with van der Waals surface area (Å²) in [6, 6.07) is 10.0. The molecule has 0 unspecified atom stereocenters. The molecule has 20 heavy (non-hydrogen) atoms. The Morgan fingerprint density at radius 1 is 1.35 bits per heavy atom. The fraction of sp³-hybridized carbons (Fsp3) is 0.0769.